The van der Waals surface area contributed by atoms with Gasteiger partial charge >= 0.3 is 0 Å². The Hall–Kier alpha value is -1.44. The van der Waals surface area contributed by atoms with Crippen LogP contribution in [0.1, 0.15) is 36.2 Å². The molecule has 0 saturated carbocycles. The Morgan fingerprint density at radius 3 is 2.33 bits per heavy atom. The van der Waals surface area contributed by atoms with Gasteiger partial charge in [-0.2, -0.15) is 0 Å². The van der Waals surface area contributed by atoms with E-state index in [1.54, 1.807) is 6.07 Å². The van der Waals surface area contributed by atoms with Gasteiger partial charge in [-0.1, -0.05) is 38.1 Å². The average molecular weight is 204 g/mol. The van der Waals surface area contributed by atoms with Gasteiger partial charge < -0.3 is 0 Å². The molecule has 0 unspecified atom stereocenters. The third-order valence-electron chi connectivity index (χ3n) is 2.42. The lowest BCUT2D eigenvalue weighted by Gasteiger charge is -2.05. The fourth-order valence-electron chi connectivity index (χ4n) is 1.34. The molecular weight excluding hydrogens is 188 g/mol. The van der Waals surface area contributed by atoms with Crippen molar-refractivity contribution in [1.82, 2.24) is 0 Å². The maximum Gasteiger partial charge on any atom is 0.170 e. The summed E-state index contributed by atoms with van der Waals surface area (Å²) in [6, 6.07) is 7.36. The van der Waals surface area contributed by atoms with Crippen LogP contribution in [0.15, 0.2) is 24.3 Å². The second-order valence-electron chi connectivity index (χ2n) is 4.04. The molecule has 15 heavy (non-hydrogen) atoms. The highest BCUT2D eigenvalue weighted by Crippen LogP contribution is 2.11. The van der Waals surface area contributed by atoms with Crippen LogP contribution in [0.25, 0.3) is 0 Å². The molecule has 0 fully saturated rings. The first-order valence-corrected chi connectivity index (χ1v) is 5.14. The third-order valence-corrected chi connectivity index (χ3v) is 2.42. The van der Waals surface area contributed by atoms with Gasteiger partial charge in [0.2, 0.25) is 0 Å². The summed E-state index contributed by atoms with van der Waals surface area (Å²) in [5.41, 5.74) is 1.59. The first kappa shape index (κ1) is 11.6. The fraction of sp³-hybridized carbons (Fsp3) is 0.385. The Labute approximate surface area is 90.3 Å². The summed E-state index contributed by atoms with van der Waals surface area (Å²) >= 11 is 0. The van der Waals surface area contributed by atoms with Crippen molar-refractivity contribution in [2.24, 2.45) is 5.92 Å². The predicted molar refractivity (Wildman–Crippen MR) is 60.0 cm³/mol. The van der Waals surface area contributed by atoms with E-state index in [0.29, 0.717) is 5.56 Å². The zero-order valence-electron chi connectivity index (χ0n) is 9.41. The largest absolute Gasteiger partial charge is 0.299 e. The number of hydrogen-bond donors (Lipinski definition) is 0. The van der Waals surface area contributed by atoms with E-state index in [4.69, 9.17) is 0 Å². The number of Topliss-reactive ketones (excluding diaryl/α,β-unsaturated/α-hetero) is 2. The van der Waals surface area contributed by atoms with Gasteiger partial charge in [0.1, 0.15) is 5.78 Å². The Balaban J connectivity index is 2.79. The van der Waals surface area contributed by atoms with Crippen molar-refractivity contribution < 1.29 is 9.59 Å². The molecule has 0 aliphatic carbocycles. The van der Waals surface area contributed by atoms with Gasteiger partial charge in [0.25, 0.3) is 0 Å². The molecule has 0 aliphatic rings. The summed E-state index contributed by atoms with van der Waals surface area (Å²) in [5, 5.41) is 0. The summed E-state index contributed by atoms with van der Waals surface area (Å²) in [7, 11) is 0. The molecule has 1 aromatic carbocycles. The second-order valence-corrected chi connectivity index (χ2v) is 4.04. The second kappa shape index (κ2) is 4.87. The van der Waals surface area contributed by atoms with Crippen molar-refractivity contribution in [2.75, 3.05) is 0 Å². The monoisotopic (exact) mass is 204 g/mol. The molecule has 80 valence electrons. The highest BCUT2D eigenvalue weighted by molar-refractivity contribution is 6.09. The number of rotatable bonds is 4. The van der Waals surface area contributed by atoms with E-state index in [-0.39, 0.29) is 23.9 Å². The summed E-state index contributed by atoms with van der Waals surface area (Å²) in [5.74, 6) is -0.145. The van der Waals surface area contributed by atoms with Crippen molar-refractivity contribution in [3.63, 3.8) is 0 Å². The molecule has 0 aromatic heterocycles. The van der Waals surface area contributed by atoms with Gasteiger partial charge in [0.05, 0.1) is 6.42 Å². The van der Waals surface area contributed by atoms with Gasteiger partial charge in [0.15, 0.2) is 5.78 Å². The highest BCUT2D eigenvalue weighted by Gasteiger charge is 2.15. The smallest absolute Gasteiger partial charge is 0.170 e. The molecule has 0 bridgehead atoms. The zero-order chi connectivity index (χ0) is 11.4. The molecule has 1 rings (SSSR count). The highest BCUT2D eigenvalue weighted by atomic mass is 16.1. The lowest BCUT2D eigenvalue weighted by Crippen LogP contribution is -2.14. The summed E-state index contributed by atoms with van der Waals surface area (Å²) < 4.78 is 0. The molecular formula is C13H16O2. The van der Waals surface area contributed by atoms with Crippen LogP contribution in [0.4, 0.5) is 0 Å². The normalized spacial score (nSPS) is 10.4. The maximum absolute atomic E-state index is 11.8. The zero-order valence-corrected chi connectivity index (χ0v) is 9.41. The van der Waals surface area contributed by atoms with Crippen LogP contribution < -0.4 is 0 Å². The number of hydrogen-bond acceptors (Lipinski definition) is 2. The van der Waals surface area contributed by atoms with E-state index >= 15 is 0 Å². The van der Waals surface area contributed by atoms with Crippen LogP contribution in [0.3, 0.4) is 0 Å². The van der Waals surface area contributed by atoms with Gasteiger partial charge in [0, 0.05) is 11.5 Å². The molecule has 2 nitrogen and oxygen atoms in total. The van der Waals surface area contributed by atoms with Crippen LogP contribution >= 0.6 is 0 Å². The minimum atomic E-state index is -0.0770. The van der Waals surface area contributed by atoms with Crippen LogP contribution in [0.5, 0.6) is 0 Å². The molecule has 0 heterocycles. The SMILES string of the molecule is Cc1ccccc1C(=O)CC(=O)C(C)C. The van der Waals surface area contributed by atoms with Crippen molar-refractivity contribution in [3.05, 3.63) is 35.4 Å². The molecule has 0 spiro atoms. The lowest BCUT2D eigenvalue weighted by molar-refractivity contribution is -0.121. The maximum atomic E-state index is 11.8. The van der Waals surface area contributed by atoms with E-state index in [2.05, 4.69) is 0 Å². The van der Waals surface area contributed by atoms with Gasteiger partial charge in [-0.3, -0.25) is 9.59 Å². The Morgan fingerprint density at radius 2 is 1.80 bits per heavy atom. The standard InChI is InChI=1S/C13H16O2/c1-9(2)12(14)8-13(15)11-7-5-4-6-10(11)3/h4-7,9H,8H2,1-3H3. The van der Waals surface area contributed by atoms with Crippen LogP contribution in [0, 0.1) is 12.8 Å². The molecule has 0 N–H and O–H groups in total. The summed E-state index contributed by atoms with van der Waals surface area (Å²) in [6.07, 6.45) is 0.0164. The Kier molecular flexibility index (Phi) is 3.78. The van der Waals surface area contributed by atoms with Gasteiger partial charge in [-0.15, -0.1) is 0 Å². The molecule has 2 heteroatoms. The number of carbonyl (C=O) groups excluding carboxylic acids is 2. The fourth-order valence-corrected chi connectivity index (χ4v) is 1.34. The van der Waals surface area contributed by atoms with Gasteiger partial charge in [-0.05, 0) is 12.5 Å². The molecule has 0 radical (unpaired) electrons. The minimum Gasteiger partial charge on any atom is -0.299 e. The Bertz CT molecular complexity index is 378. The first-order chi connectivity index (χ1) is 7.02. The minimum absolute atomic E-state index is 0.00301. The van der Waals surface area contributed by atoms with E-state index in [9.17, 15) is 9.59 Å². The molecule has 0 aliphatic heterocycles. The molecule has 0 saturated heterocycles. The summed E-state index contributed by atoms with van der Waals surface area (Å²) in [4.78, 5) is 23.2. The van der Waals surface area contributed by atoms with Crippen LogP contribution in [-0.4, -0.2) is 11.6 Å². The average Bonchev–Trinajstić information content (AvgIpc) is 2.18. The van der Waals surface area contributed by atoms with Crippen molar-refractivity contribution in [3.8, 4) is 0 Å². The topological polar surface area (TPSA) is 34.1 Å². The van der Waals surface area contributed by atoms with E-state index in [1.165, 1.54) is 0 Å². The van der Waals surface area contributed by atoms with Crippen molar-refractivity contribution >= 4 is 11.6 Å². The van der Waals surface area contributed by atoms with E-state index in [1.807, 2.05) is 39.0 Å². The number of benzene rings is 1. The lowest BCUT2D eigenvalue weighted by atomic mass is 9.97. The van der Waals surface area contributed by atoms with Gasteiger partial charge in [-0.25, -0.2) is 0 Å². The first-order valence-electron chi connectivity index (χ1n) is 5.14. The molecule has 0 amide bonds. The number of carbonyl (C=O) groups is 2. The van der Waals surface area contributed by atoms with Crippen LogP contribution in [0.2, 0.25) is 0 Å². The summed E-state index contributed by atoms with van der Waals surface area (Å²) in [6.45, 7) is 5.51. The predicted octanol–water partition coefficient (Wildman–Crippen LogP) is 2.79. The number of aryl methyl sites for hydroxylation is 1. The third kappa shape index (κ3) is 3.01. The van der Waals surface area contributed by atoms with E-state index < -0.39 is 0 Å². The molecule has 1 aromatic rings. The molecule has 0 atom stereocenters. The van der Waals surface area contributed by atoms with Crippen molar-refractivity contribution in [1.29, 1.82) is 0 Å². The number of ketones is 2. The Morgan fingerprint density at radius 1 is 1.20 bits per heavy atom. The van der Waals surface area contributed by atoms with Crippen LogP contribution in [-0.2, 0) is 4.79 Å². The van der Waals surface area contributed by atoms with Crippen molar-refractivity contribution in [2.45, 2.75) is 27.2 Å². The quantitative estimate of drug-likeness (QED) is 0.558. The van der Waals surface area contributed by atoms with E-state index in [0.717, 1.165) is 5.56 Å².